The Hall–Kier alpha value is -1.22. The summed E-state index contributed by atoms with van der Waals surface area (Å²) in [5.41, 5.74) is 0.309. The molecule has 4 heteroatoms. The molecule has 3 nitrogen and oxygen atoms in total. The molecule has 1 rings (SSSR count). The van der Waals surface area contributed by atoms with Gasteiger partial charge in [-0.2, -0.15) is 0 Å². The third kappa shape index (κ3) is 3.16. The molecule has 1 aromatic rings. The predicted octanol–water partition coefficient (Wildman–Crippen LogP) is 3.55. The predicted molar refractivity (Wildman–Crippen MR) is 74.1 cm³/mol. The molecule has 0 saturated heterocycles. The van der Waals surface area contributed by atoms with Crippen LogP contribution in [0.4, 0.5) is 0 Å². The third-order valence-electron chi connectivity index (χ3n) is 3.33. The van der Waals surface area contributed by atoms with Crippen LogP contribution in [0.15, 0.2) is 18.2 Å². The standard InChI is InChI=1S/C14H20ClNO2/c1-9(14(2,3)4)16(5)13(18)11-8-10(17)6-7-12(11)15/h6-9,17H,1-5H3. The topological polar surface area (TPSA) is 40.5 Å². The van der Waals surface area contributed by atoms with Crippen LogP contribution in [-0.2, 0) is 0 Å². The fourth-order valence-electron chi connectivity index (χ4n) is 1.62. The summed E-state index contributed by atoms with van der Waals surface area (Å²) >= 11 is 6.00. The van der Waals surface area contributed by atoms with Gasteiger partial charge in [0.05, 0.1) is 10.6 Å². The SMILES string of the molecule is CC(N(C)C(=O)c1cc(O)ccc1Cl)C(C)(C)C. The molecular weight excluding hydrogens is 250 g/mol. The lowest BCUT2D eigenvalue weighted by atomic mass is 9.87. The number of nitrogens with zero attached hydrogens (tertiary/aromatic N) is 1. The molecule has 0 radical (unpaired) electrons. The molecule has 0 aromatic heterocycles. The second kappa shape index (κ2) is 5.19. The van der Waals surface area contributed by atoms with E-state index in [-0.39, 0.29) is 23.1 Å². The number of rotatable bonds is 2. The van der Waals surface area contributed by atoms with E-state index in [2.05, 4.69) is 20.8 Å². The maximum atomic E-state index is 12.3. The highest BCUT2D eigenvalue weighted by molar-refractivity contribution is 6.33. The van der Waals surface area contributed by atoms with Crippen molar-refractivity contribution in [2.24, 2.45) is 5.41 Å². The number of hydrogen-bond acceptors (Lipinski definition) is 2. The molecule has 1 unspecified atom stereocenters. The van der Waals surface area contributed by atoms with Gasteiger partial charge in [-0.1, -0.05) is 32.4 Å². The van der Waals surface area contributed by atoms with Gasteiger partial charge in [0.25, 0.3) is 5.91 Å². The number of benzene rings is 1. The van der Waals surface area contributed by atoms with Gasteiger partial charge < -0.3 is 10.0 Å². The molecule has 18 heavy (non-hydrogen) atoms. The van der Waals surface area contributed by atoms with Crippen LogP contribution in [0.3, 0.4) is 0 Å². The quantitative estimate of drug-likeness (QED) is 0.892. The van der Waals surface area contributed by atoms with Crippen molar-refractivity contribution in [3.63, 3.8) is 0 Å². The zero-order valence-electron chi connectivity index (χ0n) is 11.5. The molecule has 0 aliphatic heterocycles. The average Bonchev–Trinajstić information content (AvgIpc) is 2.28. The first-order chi connectivity index (χ1) is 8.14. The average molecular weight is 270 g/mol. The minimum Gasteiger partial charge on any atom is -0.508 e. The van der Waals surface area contributed by atoms with Crippen LogP contribution in [0.5, 0.6) is 5.75 Å². The number of amides is 1. The summed E-state index contributed by atoms with van der Waals surface area (Å²) in [7, 11) is 1.75. The van der Waals surface area contributed by atoms with Crippen molar-refractivity contribution < 1.29 is 9.90 Å². The summed E-state index contributed by atoms with van der Waals surface area (Å²) < 4.78 is 0. The van der Waals surface area contributed by atoms with Gasteiger partial charge in [-0.3, -0.25) is 4.79 Å². The van der Waals surface area contributed by atoms with Crippen LogP contribution in [0.1, 0.15) is 38.1 Å². The maximum absolute atomic E-state index is 12.3. The molecule has 0 spiro atoms. The van der Waals surface area contributed by atoms with Gasteiger partial charge in [0.2, 0.25) is 0 Å². The molecule has 1 aromatic carbocycles. The first-order valence-electron chi connectivity index (χ1n) is 5.90. The summed E-state index contributed by atoms with van der Waals surface area (Å²) in [6.45, 7) is 8.22. The molecule has 0 fully saturated rings. The van der Waals surface area contributed by atoms with Crippen LogP contribution < -0.4 is 0 Å². The van der Waals surface area contributed by atoms with Gasteiger partial charge in [0, 0.05) is 13.1 Å². The van der Waals surface area contributed by atoms with Crippen molar-refractivity contribution in [2.45, 2.75) is 33.7 Å². The van der Waals surface area contributed by atoms with Gasteiger partial charge in [0.15, 0.2) is 0 Å². The Kier molecular flexibility index (Phi) is 4.28. The smallest absolute Gasteiger partial charge is 0.255 e. The molecule has 100 valence electrons. The fraction of sp³-hybridized carbons (Fsp3) is 0.500. The highest BCUT2D eigenvalue weighted by Gasteiger charge is 2.28. The van der Waals surface area contributed by atoms with Crippen molar-refractivity contribution in [2.75, 3.05) is 7.05 Å². The number of phenolic OH excluding ortho intramolecular Hbond substituents is 1. The van der Waals surface area contributed by atoms with Crippen molar-refractivity contribution in [1.82, 2.24) is 4.90 Å². The number of carbonyl (C=O) groups is 1. The van der Waals surface area contributed by atoms with Crippen LogP contribution in [-0.4, -0.2) is 29.0 Å². The number of carbonyl (C=O) groups excluding carboxylic acids is 1. The summed E-state index contributed by atoms with van der Waals surface area (Å²) in [5, 5.41) is 9.79. The first kappa shape index (κ1) is 14.8. The highest BCUT2D eigenvalue weighted by atomic mass is 35.5. The molecular formula is C14H20ClNO2. The van der Waals surface area contributed by atoms with Gasteiger partial charge in [-0.25, -0.2) is 0 Å². The van der Waals surface area contributed by atoms with Gasteiger partial charge in [-0.15, -0.1) is 0 Å². The Labute approximate surface area is 113 Å². The summed E-state index contributed by atoms with van der Waals surface area (Å²) in [5.74, 6) is -0.141. The lowest BCUT2D eigenvalue weighted by Gasteiger charge is -2.35. The molecule has 0 aliphatic carbocycles. The van der Waals surface area contributed by atoms with E-state index in [9.17, 15) is 9.90 Å². The van der Waals surface area contributed by atoms with E-state index < -0.39 is 0 Å². The summed E-state index contributed by atoms with van der Waals surface area (Å²) in [4.78, 5) is 14.0. The highest BCUT2D eigenvalue weighted by Crippen LogP contribution is 2.27. The Morgan fingerprint density at radius 3 is 2.44 bits per heavy atom. The summed E-state index contributed by atoms with van der Waals surface area (Å²) in [6.07, 6.45) is 0. The second-order valence-electron chi connectivity index (χ2n) is 5.62. The van der Waals surface area contributed by atoms with Crippen LogP contribution >= 0.6 is 11.6 Å². The third-order valence-corrected chi connectivity index (χ3v) is 3.66. The van der Waals surface area contributed by atoms with E-state index in [0.717, 1.165) is 0 Å². The van der Waals surface area contributed by atoms with Crippen LogP contribution in [0.25, 0.3) is 0 Å². The largest absolute Gasteiger partial charge is 0.508 e. The van der Waals surface area contributed by atoms with Crippen molar-refractivity contribution in [3.8, 4) is 5.75 Å². The number of phenols is 1. The normalized spacial score (nSPS) is 13.2. The molecule has 1 amide bonds. The second-order valence-corrected chi connectivity index (χ2v) is 6.03. The molecule has 1 N–H and O–H groups in total. The Morgan fingerprint density at radius 1 is 1.39 bits per heavy atom. The van der Waals surface area contributed by atoms with Gasteiger partial charge >= 0.3 is 0 Å². The minimum absolute atomic E-state index is 0.0201. The van der Waals surface area contributed by atoms with E-state index in [1.807, 2.05) is 6.92 Å². The van der Waals surface area contributed by atoms with Crippen LogP contribution in [0.2, 0.25) is 5.02 Å². The lowest BCUT2D eigenvalue weighted by molar-refractivity contribution is 0.0629. The zero-order valence-corrected chi connectivity index (χ0v) is 12.2. The van der Waals surface area contributed by atoms with E-state index in [1.54, 1.807) is 11.9 Å². The first-order valence-corrected chi connectivity index (χ1v) is 6.28. The Morgan fingerprint density at radius 2 is 1.94 bits per heavy atom. The van der Waals surface area contributed by atoms with E-state index >= 15 is 0 Å². The van der Waals surface area contributed by atoms with E-state index in [4.69, 9.17) is 11.6 Å². The fourth-order valence-corrected chi connectivity index (χ4v) is 1.82. The van der Waals surface area contributed by atoms with E-state index in [0.29, 0.717) is 10.6 Å². The van der Waals surface area contributed by atoms with E-state index in [1.165, 1.54) is 18.2 Å². The Balaban J connectivity index is 3.04. The van der Waals surface area contributed by atoms with Crippen molar-refractivity contribution in [3.05, 3.63) is 28.8 Å². The lowest BCUT2D eigenvalue weighted by Crippen LogP contribution is -2.43. The number of aromatic hydroxyl groups is 1. The molecule has 0 bridgehead atoms. The summed E-state index contributed by atoms with van der Waals surface area (Å²) in [6, 6.07) is 4.45. The molecule has 0 saturated carbocycles. The molecule has 1 atom stereocenters. The maximum Gasteiger partial charge on any atom is 0.255 e. The zero-order chi connectivity index (χ0) is 14.1. The van der Waals surface area contributed by atoms with Crippen molar-refractivity contribution in [1.29, 1.82) is 0 Å². The number of halogens is 1. The van der Waals surface area contributed by atoms with Gasteiger partial charge in [0.1, 0.15) is 5.75 Å². The molecule has 0 heterocycles. The minimum atomic E-state index is -0.182. The van der Waals surface area contributed by atoms with Crippen LogP contribution in [0, 0.1) is 5.41 Å². The van der Waals surface area contributed by atoms with Gasteiger partial charge in [-0.05, 0) is 30.5 Å². The Bertz CT molecular complexity index is 452. The number of hydrogen-bond donors (Lipinski definition) is 1. The van der Waals surface area contributed by atoms with Crippen molar-refractivity contribution >= 4 is 17.5 Å². The monoisotopic (exact) mass is 269 g/mol. The molecule has 0 aliphatic rings.